The molecule has 3 N–H and O–H groups in total. The van der Waals surface area contributed by atoms with Crippen LogP contribution in [0.15, 0.2) is 23.5 Å². The Kier molecular flexibility index (Phi) is 4.80. The van der Waals surface area contributed by atoms with Gasteiger partial charge in [-0.15, -0.1) is 0 Å². The van der Waals surface area contributed by atoms with E-state index in [1.807, 2.05) is 17.7 Å². The number of nitrogens with one attached hydrogen (secondary N) is 1. The Hall–Kier alpha value is -2.09. The zero-order chi connectivity index (χ0) is 16.2. The maximum atomic E-state index is 12.2. The molecule has 0 unspecified atom stereocenters. The molecule has 23 heavy (non-hydrogen) atoms. The molecule has 0 atom stereocenters. The van der Waals surface area contributed by atoms with Gasteiger partial charge in [0.05, 0.1) is 18.0 Å². The maximum absolute atomic E-state index is 12.2. The summed E-state index contributed by atoms with van der Waals surface area (Å²) < 4.78 is 1.93. The van der Waals surface area contributed by atoms with E-state index in [1.165, 1.54) is 24.6 Å². The van der Waals surface area contributed by atoms with Gasteiger partial charge in [0.1, 0.15) is 11.6 Å². The minimum Gasteiger partial charge on any atom is -0.384 e. The van der Waals surface area contributed by atoms with E-state index in [9.17, 15) is 4.79 Å². The fraction of sp³-hybridized carbons (Fsp3) is 0.467. The van der Waals surface area contributed by atoms with Crippen molar-refractivity contribution >= 4 is 29.3 Å². The number of carbonyl (C=O) groups is 1. The van der Waals surface area contributed by atoms with E-state index in [4.69, 9.17) is 5.73 Å². The number of thioether (sulfide) groups is 1. The SMILES string of the molecule is Cc1cc(N)nc(SCC(=O)Nc2ccnn2C2CCCC2)n1. The number of aromatic nitrogens is 4. The molecule has 3 rings (SSSR count). The minimum absolute atomic E-state index is 0.0987. The Bertz CT molecular complexity index is 675. The number of carbonyl (C=O) groups excluding carboxylic acids is 1. The van der Waals surface area contributed by atoms with Gasteiger partial charge in [-0.25, -0.2) is 14.6 Å². The molecule has 0 aliphatic heterocycles. The second-order valence-corrected chi connectivity index (χ2v) is 6.60. The van der Waals surface area contributed by atoms with Crippen molar-refractivity contribution in [2.24, 2.45) is 0 Å². The van der Waals surface area contributed by atoms with Crippen LogP contribution in [0.1, 0.15) is 37.4 Å². The molecule has 0 radical (unpaired) electrons. The van der Waals surface area contributed by atoms with Crippen molar-refractivity contribution in [2.45, 2.75) is 43.8 Å². The fourth-order valence-electron chi connectivity index (χ4n) is 2.79. The molecule has 1 saturated carbocycles. The van der Waals surface area contributed by atoms with Crippen LogP contribution in [0.4, 0.5) is 11.6 Å². The average molecular weight is 332 g/mol. The molecular weight excluding hydrogens is 312 g/mol. The van der Waals surface area contributed by atoms with Crippen molar-refractivity contribution in [3.8, 4) is 0 Å². The summed E-state index contributed by atoms with van der Waals surface area (Å²) >= 11 is 1.27. The molecule has 122 valence electrons. The summed E-state index contributed by atoms with van der Waals surface area (Å²) in [6.45, 7) is 1.85. The average Bonchev–Trinajstić information content (AvgIpc) is 3.14. The number of nitrogens with zero attached hydrogens (tertiary/aromatic N) is 4. The highest BCUT2D eigenvalue weighted by molar-refractivity contribution is 7.99. The maximum Gasteiger partial charge on any atom is 0.235 e. The third-order valence-electron chi connectivity index (χ3n) is 3.79. The van der Waals surface area contributed by atoms with Crippen molar-refractivity contribution in [3.63, 3.8) is 0 Å². The van der Waals surface area contributed by atoms with E-state index in [1.54, 1.807) is 12.3 Å². The number of aryl methyl sites for hydroxylation is 1. The molecule has 0 aromatic carbocycles. The Morgan fingerprint density at radius 3 is 2.96 bits per heavy atom. The number of rotatable bonds is 5. The molecule has 8 heteroatoms. The number of anilines is 2. The van der Waals surface area contributed by atoms with Crippen LogP contribution in [-0.4, -0.2) is 31.4 Å². The van der Waals surface area contributed by atoms with Gasteiger partial charge in [-0.05, 0) is 19.8 Å². The third-order valence-corrected chi connectivity index (χ3v) is 4.64. The van der Waals surface area contributed by atoms with Crippen LogP contribution < -0.4 is 11.1 Å². The molecule has 1 fully saturated rings. The molecule has 1 aliphatic rings. The molecule has 2 aromatic rings. The lowest BCUT2D eigenvalue weighted by atomic mass is 10.2. The van der Waals surface area contributed by atoms with E-state index in [0.29, 0.717) is 17.0 Å². The largest absolute Gasteiger partial charge is 0.384 e. The van der Waals surface area contributed by atoms with Crippen LogP contribution in [-0.2, 0) is 4.79 Å². The van der Waals surface area contributed by atoms with E-state index in [2.05, 4.69) is 20.4 Å². The number of nitrogen functional groups attached to an aromatic ring is 1. The predicted molar refractivity (Wildman–Crippen MR) is 90.3 cm³/mol. The normalized spacial score (nSPS) is 15.0. The first-order valence-electron chi connectivity index (χ1n) is 7.69. The van der Waals surface area contributed by atoms with Gasteiger partial charge in [0.25, 0.3) is 0 Å². The molecule has 0 spiro atoms. The quantitative estimate of drug-likeness (QED) is 0.644. The molecular formula is C15H20N6OS. The van der Waals surface area contributed by atoms with Crippen LogP contribution in [0.2, 0.25) is 0 Å². The molecule has 1 aliphatic carbocycles. The zero-order valence-corrected chi connectivity index (χ0v) is 13.8. The molecule has 0 bridgehead atoms. The van der Waals surface area contributed by atoms with Crippen molar-refractivity contribution in [1.29, 1.82) is 0 Å². The number of hydrogen-bond acceptors (Lipinski definition) is 6. The topological polar surface area (TPSA) is 98.7 Å². The lowest BCUT2D eigenvalue weighted by Gasteiger charge is -2.14. The van der Waals surface area contributed by atoms with Gasteiger partial charge in [0, 0.05) is 17.8 Å². The summed E-state index contributed by atoms with van der Waals surface area (Å²) in [6.07, 6.45) is 6.41. The Balaban J connectivity index is 1.58. The smallest absolute Gasteiger partial charge is 0.235 e. The second-order valence-electron chi connectivity index (χ2n) is 5.65. The zero-order valence-electron chi connectivity index (χ0n) is 13.0. The van der Waals surface area contributed by atoms with Gasteiger partial charge in [0.2, 0.25) is 5.91 Å². The first-order valence-corrected chi connectivity index (χ1v) is 8.68. The third kappa shape index (κ3) is 4.01. The lowest BCUT2D eigenvalue weighted by molar-refractivity contribution is -0.113. The van der Waals surface area contributed by atoms with Gasteiger partial charge < -0.3 is 11.1 Å². The molecule has 2 aromatic heterocycles. The molecule has 0 saturated heterocycles. The summed E-state index contributed by atoms with van der Waals surface area (Å²) in [4.78, 5) is 20.5. The first-order chi connectivity index (χ1) is 11.1. The number of hydrogen-bond donors (Lipinski definition) is 2. The molecule has 1 amide bonds. The van der Waals surface area contributed by atoms with Crippen LogP contribution in [0, 0.1) is 6.92 Å². The molecule has 7 nitrogen and oxygen atoms in total. The highest BCUT2D eigenvalue weighted by Crippen LogP contribution is 2.31. The van der Waals surface area contributed by atoms with Gasteiger partial charge in [0.15, 0.2) is 5.16 Å². The van der Waals surface area contributed by atoms with Crippen molar-refractivity contribution in [2.75, 3.05) is 16.8 Å². The van der Waals surface area contributed by atoms with E-state index in [0.717, 1.165) is 24.4 Å². The summed E-state index contributed by atoms with van der Waals surface area (Å²) in [5.74, 6) is 1.31. The van der Waals surface area contributed by atoms with Crippen LogP contribution >= 0.6 is 11.8 Å². The Morgan fingerprint density at radius 1 is 1.43 bits per heavy atom. The van der Waals surface area contributed by atoms with E-state index < -0.39 is 0 Å². The van der Waals surface area contributed by atoms with Crippen molar-refractivity contribution < 1.29 is 4.79 Å². The number of amides is 1. The Morgan fingerprint density at radius 2 is 2.22 bits per heavy atom. The van der Waals surface area contributed by atoms with Gasteiger partial charge >= 0.3 is 0 Å². The fourth-order valence-corrected chi connectivity index (χ4v) is 3.50. The van der Waals surface area contributed by atoms with Gasteiger partial charge in [-0.1, -0.05) is 24.6 Å². The van der Waals surface area contributed by atoms with E-state index >= 15 is 0 Å². The van der Waals surface area contributed by atoms with Crippen LogP contribution in [0.3, 0.4) is 0 Å². The van der Waals surface area contributed by atoms with Gasteiger partial charge in [-0.2, -0.15) is 5.10 Å². The number of nitrogens with two attached hydrogens (primary N) is 1. The van der Waals surface area contributed by atoms with E-state index in [-0.39, 0.29) is 11.7 Å². The molecule has 2 heterocycles. The lowest BCUT2D eigenvalue weighted by Crippen LogP contribution is -2.19. The summed E-state index contributed by atoms with van der Waals surface area (Å²) in [7, 11) is 0. The van der Waals surface area contributed by atoms with Crippen LogP contribution in [0.25, 0.3) is 0 Å². The van der Waals surface area contributed by atoms with Gasteiger partial charge in [-0.3, -0.25) is 4.79 Å². The first kappa shape index (κ1) is 15.8. The highest BCUT2D eigenvalue weighted by Gasteiger charge is 2.20. The monoisotopic (exact) mass is 332 g/mol. The minimum atomic E-state index is -0.0987. The summed E-state index contributed by atoms with van der Waals surface area (Å²) in [5.41, 5.74) is 6.48. The highest BCUT2D eigenvalue weighted by atomic mass is 32.2. The van der Waals surface area contributed by atoms with Crippen molar-refractivity contribution in [3.05, 3.63) is 24.0 Å². The summed E-state index contributed by atoms with van der Waals surface area (Å²) in [5, 5.41) is 7.78. The predicted octanol–water partition coefficient (Wildman–Crippen LogP) is 2.41. The van der Waals surface area contributed by atoms with Crippen molar-refractivity contribution in [1.82, 2.24) is 19.7 Å². The summed E-state index contributed by atoms with van der Waals surface area (Å²) in [6, 6.07) is 3.93. The standard InChI is InChI=1S/C15H20N6OS/c1-10-8-12(16)19-15(18-10)23-9-14(22)20-13-6-7-17-21(13)11-4-2-3-5-11/h6-8,11H,2-5,9H2,1H3,(H,20,22)(H2,16,18,19). The van der Waals surface area contributed by atoms with Crippen LogP contribution in [0.5, 0.6) is 0 Å². The Labute approximate surface area is 139 Å². The second kappa shape index (κ2) is 6.99.